The molecule has 2 rings (SSSR count). The Kier molecular flexibility index (Phi) is 16.5. The number of anilines is 2. The van der Waals surface area contributed by atoms with E-state index in [0.29, 0.717) is 45.1 Å². The molecule has 0 saturated carbocycles. The number of benzene rings is 2. The molecule has 0 heterocycles. The lowest BCUT2D eigenvalue weighted by Crippen LogP contribution is -2.15. The van der Waals surface area contributed by atoms with E-state index in [4.69, 9.17) is 23.7 Å². The minimum Gasteiger partial charge on any atom is -0.463 e. The maximum atomic E-state index is 13.0. The monoisotopic (exact) mass is 583 g/mol. The van der Waals surface area contributed by atoms with Crippen LogP contribution < -0.4 is 5.32 Å². The Hall–Kier alpha value is -3.15. The van der Waals surface area contributed by atoms with Gasteiger partial charge < -0.3 is 29.0 Å². The average molecular weight is 584 g/mol. The predicted octanol–water partition coefficient (Wildman–Crippen LogP) is 6.56. The number of carbonyl (C=O) groups is 2. The van der Waals surface area contributed by atoms with Gasteiger partial charge in [0.2, 0.25) is 0 Å². The first-order valence-electron chi connectivity index (χ1n) is 13.9. The van der Waals surface area contributed by atoms with Crippen LogP contribution in [-0.4, -0.2) is 64.8 Å². The fraction of sp³-hybridized carbons (Fsp3) is 0.533. The van der Waals surface area contributed by atoms with Crippen molar-refractivity contribution in [1.29, 1.82) is 0 Å². The number of unbranched alkanes of at least 4 members (excludes halogenated alkanes) is 4. The fourth-order valence-electron chi connectivity index (χ4n) is 3.67. The van der Waals surface area contributed by atoms with Crippen molar-refractivity contribution in [3.63, 3.8) is 0 Å². The minimum atomic E-state index is -4.47. The largest absolute Gasteiger partial charge is 0.463 e. The minimum absolute atomic E-state index is 0.00268. The van der Waals surface area contributed by atoms with E-state index in [1.807, 2.05) is 0 Å². The van der Waals surface area contributed by atoms with E-state index in [-0.39, 0.29) is 37.0 Å². The highest BCUT2D eigenvalue weighted by Crippen LogP contribution is 2.32. The number of hydrogen-bond donors (Lipinski definition) is 1. The van der Waals surface area contributed by atoms with Crippen molar-refractivity contribution in [3.05, 3.63) is 59.7 Å². The van der Waals surface area contributed by atoms with Crippen molar-refractivity contribution in [2.75, 3.05) is 58.2 Å². The number of nitrogens with one attached hydrogen (secondary N) is 1. The van der Waals surface area contributed by atoms with Gasteiger partial charge in [0.05, 0.1) is 56.5 Å². The van der Waals surface area contributed by atoms with Crippen LogP contribution in [0.1, 0.15) is 61.4 Å². The molecule has 0 bridgehead atoms. The molecule has 228 valence electrons. The lowest BCUT2D eigenvalue weighted by atomic mass is 10.1. The van der Waals surface area contributed by atoms with Crippen LogP contribution in [0.4, 0.5) is 24.5 Å². The molecule has 0 fully saturated rings. The second-order valence-corrected chi connectivity index (χ2v) is 9.11. The van der Waals surface area contributed by atoms with Gasteiger partial charge in [0.1, 0.15) is 13.2 Å². The Balaban J connectivity index is 1.51. The Morgan fingerprint density at radius 1 is 0.732 bits per heavy atom. The summed E-state index contributed by atoms with van der Waals surface area (Å²) in [6.45, 7) is 4.18. The first kappa shape index (κ1) is 34.1. The van der Waals surface area contributed by atoms with Crippen LogP contribution in [0.3, 0.4) is 0 Å². The molecular formula is C30H40F3NO7. The first-order valence-corrected chi connectivity index (χ1v) is 13.9. The molecule has 2 aromatic rings. The van der Waals surface area contributed by atoms with E-state index in [2.05, 4.69) is 12.2 Å². The summed E-state index contributed by atoms with van der Waals surface area (Å²) in [6, 6.07) is 11.1. The van der Waals surface area contributed by atoms with Crippen molar-refractivity contribution in [1.82, 2.24) is 0 Å². The van der Waals surface area contributed by atoms with Gasteiger partial charge in [-0.15, -0.1) is 0 Å². The van der Waals surface area contributed by atoms with E-state index in [1.54, 1.807) is 18.2 Å². The highest BCUT2D eigenvalue weighted by atomic mass is 19.4. The van der Waals surface area contributed by atoms with Crippen molar-refractivity contribution in [3.8, 4) is 0 Å². The quantitative estimate of drug-likeness (QED) is 0.131. The average Bonchev–Trinajstić information content (AvgIpc) is 2.95. The van der Waals surface area contributed by atoms with Crippen LogP contribution >= 0.6 is 0 Å². The first-order chi connectivity index (χ1) is 19.8. The van der Waals surface area contributed by atoms with Crippen molar-refractivity contribution >= 4 is 23.3 Å². The molecule has 0 amide bonds. The summed E-state index contributed by atoms with van der Waals surface area (Å²) in [5, 5.41) is 2.85. The zero-order chi connectivity index (χ0) is 29.8. The molecule has 0 saturated heterocycles. The van der Waals surface area contributed by atoms with Gasteiger partial charge >= 0.3 is 18.1 Å². The molecular weight excluding hydrogens is 543 g/mol. The van der Waals surface area contributed by atoms with E-state index < -0.39 is 17.7 Å². The molecule has 2 aromatic carbocycles. The number of hydrogen-bond acceptors (Lipinski definition) is 8. The summed E-state index contributed by atoms with van der Waals surface area (Å²) in [5.74, 6) is -0.824. The van der Waals surface area contributed by atoms with Crippen LogP contribution in [0.5, 0.6) is 0 Å². The third kappa shape index (κ3) is 14.9. The third-order valence-electron chi connectivity index (χ3n) is 5.80. The predicted molar refractivity (Wildman–Crippen MR) is 148 cm³/mol. The number of halogens is 3. The second-order valence-electron chi connectivity index (χ2n) is 9.11. The summed E-state index contributed by atoms with van der Waals surface area (Å²) in [7, 11) is 0. The standard InChI is InChI=1S/C30H40F3NO7/c1-2-3-4-5-6-14-28(35)40-21-19-38-17-15-37-16-18-39-20-22-41-29(36)26-12-7-8-13-27(26)34-25-11-9-10-24(23-25)30(31,32)33/h7-13,23,34H,2-6,14-22H2,1H3. The lowest BCUT2D eigenvalue weighted by Gasteiger charge is -2.13. The van der Waals surface area contributed by atoms with E-state index in [0.717, 1.165) is 31.4 Å². The SMILES string of the molecule is CCCCCCCC(=O)OCCOCCOCCOCCOC(=O)c1ccccc1Nc1cccc(C(F)(F)F)c1. The summed E-state index contributed by atoms with van der Waals surface area (Å²) in [6.07, 6.45) is 1.39. The molecule has 1 N–H and O–H groups in total. The molecule has 0 spiro atoms. The molecule has 41 heavy (non-hydrogen) atoms. The van der Waals surface area contributed by atoms with Crippen molar-refractivity contribution in [2.24, 2.45) is 0 Å². The Morgan fingerprint density at radius 3 is 2.00 bits per heavy atom. The van der Waals surface area contributed by atoms with E-state index in [1.165, 1.54) is 31.0 Å². The Morgan fingerprint density at radius 2 is 1.34 bits per heavy atom. The Labute approximate surface area is 239 Å². The lowest BCUT2D eigenvalue weighted by molar-refractivity contribution is -0.145. The van der Waals surface area contributed by atoms with Gasteiger partial charge in [-0.1, -0.05) is 50.8 Å². The number of esters is 2. The van der Waals surface area contributed by atoms with Crippen LogP contribution in [0, 0.1) is 0 Å². The van der Waals surface area contributed by atoms with Crippen molar-refractivity contribution in [2.45, 2.75) is 51.6 Å². The molecule has 0 unspecified atom stereocenters. The van der Waals surface area contributed by atoms with Crippen molar-refractivity contribution < 1.29 is 46.4 Å². The van der Waals surface area contributed by atoms with Gasteiger partial charge in [0.15, 0.2) is 0 Å². The maximum absolute atomic E-state index is 13.0. The van der Waals surface area contributed by atoms with Gasteiger partial charge in [-0.25, -0.2) is 4.79 Å². The summed E-state index contributed by atoms with van der Waals surface area (Å²) < 4.78 is 65.5. The normalized spacial score (nSPS) is 11.3. The van der Waals surface area contributed by atoms with E-state index >= 15 is 0 Å². The fourth-order valence-corrected chi connectivity index (χ4v) is 3.67. The summed E-state index contributed by atoms with van der Waals surface area (Å²) >= 11 is 0. The second kappa shape index (κ2) is 19.8. The van der Waals surface area contributed by atoms with Crippen LogP contribution in [0.25, 0.3) is 0 Å². The molecule has 0 aliphatic heterocycles. The number of alkyl halides is 3. The molecule has 11 heteroatoms. The van der Waals surface area contributed by atoms with Crippen LogP contribution in [0.2, 0.25) is 0 Å². The molecule has 8 nitrogen and oxygen atoms in total. The molecule has 0 aliphatic carbocycles. The third-order valence-corrected chi connectivity index (χ3v) is 5.80. The highest BCUT2D eigenvalue weighted by Gasteiger charge is 2.30. The van der Waals surface area contributed by atoms with Gasteiger partial charge in [0.25, 0.3) is 0 Å². The molecule has 0 atom stereocenters. The van der Waals surface area contributed by atoms with Crippen LogP contribution in [0.15, 0.2) is 48.5 Å². The topological polar surface area (TPSA) is 92.3 Å². The maximum Gasteiger partial charge on any atom is 0.416 e. The summed E-state index contributed by atoms with van der Waals surface area (Å²) in [4.78, 5) is 24.1. The summed E-state index contributed by atoms with van der Waals surface area (Å²) in [5.41, 5.74) is -0.0897. The molecule has 0 aromatic heterocycles. The van der Waals surface area contributed by atoms with Gasteiger partial charge in [-0.3, -0.25) is 4.79 Å². The smallest absolute Gasteiger partial charge is 0.416 e. The highest BCUT2D eigenvalue weighted by molar-refractivity contribution is 5.96. The van der Waals surface area contributed by atoms with Crippen LogP contribution in [-0.2, 0) is 34.7 Å². The number of carbonyl (C=O) groups excluding carboxylic acids is 2. The number of rotatable bonds is 21. The Bertz CT molecular complexity index is 1030. The zero-order valence-corrected chi connectivity index (χ0v) is 23.5. The van der Waals surface area contributed by atoms with Gasteiger partial charge in [-0.05, 0) is 36.8 Å². The zero-order valence-electron chi connectivity index (χ0n) is 23.5. The number of para-hydroxylation sites is 1. The molecule has 0 radical (unpaired) electrons. The van der Waals surface area contributed by atoms with Gasteiger partial charge in [0, 0.05) is 12.1 Å². The number of ether oxygens (including phenoxy) is 5. The molecule has 0 aliphatic rings. The van der Waals surface area contributed by atoms with Gasteiger partial charge in [-0.2, -0.15) is 13.2 Å². The van der Waals surface area contributed by atoms with E-state index in [9.17, 15) is 22.8 Å².